The van der Waals surface area contributed by atoms with E-state index in [0.29, 0.717) is 22.1 Å². The molecule has 3 aromatic rings. The van der Waals surface area contributed by atoms with Gasteiger partial charge in [-0.2, -0.15) is 0 Å². The van der Waals surface area contributed by atoms with Crippen molar-refractivity contribution in [3.8, 4) is 17.2 Å². The quantitative estimate of drug-likeness (QED) is 0.324. The summed E-state index contributed by atoms with van der Waals surface area (Å²) in [6, 6.07) is 16.7. The number of esters is 1. The summed E-state index contributed by atoms with van der Waals surface area (Å²) in [6.45, 7) is 7.11. The van der Waals surface area contributed by atoms with Crippen molar-refractivity contribution in [3.63, 3.8) is 0 Å². The van der Waals surface area contributed by atoms with Crippen LogP contribution < -0.4 is 9.47 Å². The molecule has 0 N–H and O–H groups in total. The molecule has 0 saturated carbocycles. The second-order valence-corrected chi connectivity index (χ2v) is 6.23. The van der Waals surface area contributed by atoms with Gasteiger partial charge < -0.3 is 9.47 Å². The first-order valence-corrected chi connectivity index (χ1v) is 8.17. The van der Waals surface area contributed by atoms with Crippen molar-refractivity contribution in [2.45, 2.75) is 13.8 Å². The number of fused-ring (bicyclic) bond motifs is 1. The van der Waals surface area contributed by atoms with Gasteiger partial charge in [0.15, 0.2) is 0 Å². The van der Waals surface area contributed by atoms with Gasteiger partial charge in [0.25, 0.3) is 0 Å². The van der Waals surface area contributed by atoms with E-state index in [9.17, 15) is 4.79 Å². The summed E-state index contributed by atoms with van der Waals surface area (Å²) < 4.78 is 11.5. The number of para-hydroxylation sites is 1. The Kier molecular flexibility index (Phi) is 4.77. The highest BCUT2D eigenvalue weighted by atomic mass is 35.5. The molecule has 0 aromatic heterocycles. The van der Waals surface area contributed by atoms with E-state index >= 15 is 0 Å². The standard InChI is InChI=1S/C21H17ClO3/c1-13(2)21(23)25-20-14(3)11-19(24-16-7-5-4-6-8-16)18-12-15(22)9-10-17(18)20/h4-12H,1H2,2-3H3. The normalized spacial score (nSPS) is 10.5. The van der Waals surface area contributed by atoms with Gasteiger partial charge in [0, 0.05) is 21.4 Å². The number of halogens is 1. The van der Waals surface area contributed by atoms with Crippen LogP contribution in [0.1, 0.15) is 12.5 Å². The van der Waals surface area contributed by atoms with Gasteiger partial charge in [-0.3, -0.25) is 0 Å². The molecule has 0 radical (unpaired) electrons. The summed E-state index contributed by atoms with van der Waals surface area (Å²) in [6.07, 6.45) is 0. The molecule has 0 aliphatic rings. The summed E-state index contributed by atoms with van der Waals surface area (Å²) in [5.41, 5.74) is 1.13. The zero-order valence-electron chi connectivity index (χ0n) is 14.0. The van der Waals surface area contributed by atoms with Crippen LogP contribution in [0, 0.1) is 6.92 Å². The van der Waals surface area contributed by atoms with Crippen molar-refractivity contribution in [2.75, 3.05) is 0 Å². The molecule has 0 heterocycles. The number of rotatable bonds is 4. The molecular formula is C21H17ClO3. The molecule has 0 bridgehead atoms. The first kappa shape index (κ1) is 17.1. The lowest BCUT2D eigenvalue weighted by Crippen LogP contribution is -2.09. The third-order valence-corrected chi connectivity index (χ3v) is 3.95. The van der Waals surface area contributed by atoms with Crippen molar-refractivity contribution in [1.82, 2.24) is 0 Å². The number of hydrogen-bond acceptors (Lipinski definition) is 3. The van der Waals surface area contributed by atoms with Crippen LogP contribution in [-0.4, -0.2) is 5.97 Å². The van der Waals surface area contributed by atoms with Crippen LogP contribution >= 0.6 is 11.6 Å². The van der Waals surface area contributed by atoms with Crippen LogP contribution in [0.3, 0.4) is 0 Å². The Morgan fingerprint density at radius 2 is 1.76 bits per heavy atom. The average molecular weight is 353 g/mol. The van der Waals surface area contributed by atoms with Crippen molar-refractivity contribution in [2.24, 2.45) is 0 Å². The fraction of sp³-hybridized carbons (Fsp3) is 0.0952. The monoisotopic (exact) mass is 352 g/mol. The van der Waals surface area contributed by atoms with E-state index in [2.05, 4.69) is 6.58 Å². The van der Waals surface area contributed by atoms with E-state index in [1.165, 1.54) is 0 Å². The minimum absolute atomic E-state index is 0.339. The van der Waals surface area contributed by atoms with Crippen LogP contribution in [0.4, 0.5) is 0 Å². The number of ether oxygens (including phenoxy) is 2. The number of hydrogen-bond donors (Lipinski definition) is 0. The largest absolute Gasteiger partial charge is 0.457 e. The Morgan fingerprint density at radius 3 is 2.44 bits per heavy atom. The van der Waals surface area contributed by atoms with Gasteiger partial charge in [0.1, 0.15) is 17.2 Å². The SMILES string of the molecule is C=C(C)C(=O)Oc1c(C)cc(Oc2ccccc2)c2cc(Cl)ccc12. The van der Waals surface area contributed by atoms with Crippen LogP contribution in [-0.2, 0) is 4.79 Å². The summed E-state index contributed by atoms with van der Waals surface area (Å²) in [5.74, 6) is 1.39. The van der Waals surface area contributed by atoms with E-state index in [4.69, 9.17) is 21.1 Å². The zero-order chi connectivity index (χ0) is 18.0. The Bertz CT molecular complexity index is 962. The number of carbonyl (C=O) groups is 1. The van der Waals surface area contributed by atoms with E-state index in [0.717, 1.165) is 22.1 Å². The van der Waals surface area contributed by atoms with Crippen molar-refractivity contribution in [3.05, 3.63) is 77.3 Å². The smallest absolute Gasteiger partial charge is 0.338 e. The Balaban J connectivity index is 2.15. The van der Waals surface area contributed by atoms with E-state index in [1.807, 2.05) is 49.4 Å². The molecule has 0 aliphatic heterocycles. The number of aryl methyl sites for hydroxylation is 1. The average Bonchev–Trinajstić information content (AvgIpc) is 2.59. The molecule has 25 heavy (non-hydrogen) atoms. The Hall–Kier alpha value is -2.78. The molecule has 3 nitrogen and oxygen atoms in total. The third-order valence-electron chi connectivity index (χ3n) is 3.71. The van der Waals surface area contributed by atoms with E-state index in [1.54, 1.807) is 19.1 Å². The molecule has 0 spiro atoms. The summed E-state index contributed by atoms with van der Waals surface area (Å²) >= 11 is 6.16. The minimum Gasteiger partial charge on any atom is -0.457 e. The highest BCUT2D eigenvalue weighted by Gasteiger charge is 2.16. The van der Waals surface area contributed by atoms with Gasteiger partial charge in [-0.15, -0.1) is 0 Å². The predicted molar refractivity (Wildman–Crippen MR) is 101 cm³/mol. The van der Waals surface area contributed by atoms with Crippen LogP contribution in [0.15, 0.2) is 66.7 Å². The molecule has 0 unspecified atom stereocenters. The molecule has 3 aromatic carbocycles. The lowest BCUT2D eigenvalue weighted by Gasteiger charge is -2.15. The van der Waals surface area contributed by atoms with E-state index < -0.39 is 5.97 Å². The highest BCUT2D eigenvalue weighted by molar-refractivity contribution is 6.31. The fourth-order valence-corrected chi connectivity index (χ4v) is 2.66. The molecule has 126 valence electrons. The molecule has 0 amide bonds. The van der Waals surface area contributed by atoms with Gasteiger partial charge in [-0.05, 0) is 55.8 Å². The lowest BCUT2D eigenvalue weighted by molar-refractivity contribution is -0.130. The number of carbonyl (C=O) groups excluding carboxylic acids is 1. The topological polar surface area (TPSA) is 35.5 Å². The molecule has 0 saturated heterocycles. The molecule has 3 rings (SSSR count). The molecule has 0 fully saturated rings. The molecule has 4 heteroatoms. The highest BCUT2D eigenvalue weighted by Crippen LogP contribution is 2.39. The Morgan fingerprint density at radius 1 is 1.04 bits per heavy atom. The Labute approximate surface area is 151 Å². The fourth-order valence-electron chi connectivity index (χ4n) is 2.49. The van der Waals surface area contributed by atoms with Gasteiger partial charge in [-0.1, -0.05) is 36.4 Å². The van der Waals surface area contributed by atoms with Crippen LogP contribution in [0.25, 0.3) is 10.8 Å². The van der Waals surface area contributed by atoms with E-state index in [-0.39, 0.29) is 0 Å². The van der Waals surface area contributed by atoms with Gasteiger partial charge in [-0.25, -0.2) is 4.79 Å². The number of benzene rings is 3. The van der Waals surface area contributed by atoms with Gasteiger partial charge in [0.2, 0.25) is 0 Å². The van der Waals surface area contributed by atoms with Gasteiger partial charge >= 0.3 is 5.97 Å². The molecule has 0 atom stereocenters. The van der Waals surface area contributed by atoms with Crippen molar-refractivity contribution < 1.29 is 14.3 Å². The molecular weight excluding hydrogens is 336 g/mol. The van der Waals surface area contributed by atoms with Crippen LogP contribution in [0.5, 0.6) is 17.2 Å². The first-order chi connectivity index (χ1) is 12.0. The maximum Gasteiger partial charge on any atom is 0.338 e. The summed E-state index contributed by atoms with van der Waals surface area (Å²) in [7, 11) is 0. The molecule has 0 aliphatic carbocycles. The third kappa shape index (κ3) is 3.67. The van der Waals surface area contributed by atoms with Gasteiger partial charge in [0.05, 0.1) is 0 Å². The summed E-state index contributed by atoms with van der Waals surface area (Å²) in [4.78, 5) is 12.0. The maximum absolute atomic E-state index is 12.0. The lowest BCUT2D eigenvalue weighted by atomic mass is 10.0. The van der Waals surface area contributed by atoms with Crippen LogP contribution in [0.2, 0.25) is 5.02 Å². The van der Waals surface area contributed by atoms with Crippen molar-refractivity contribution in [1.29, 1.82) is 0 Å². The first-order valence-electron chi connectivity index (χ1n) is 7.79. The zero-order valence-corrected chi connectivity index (χ0v) is 14.8. The second-order valence-electron chi connectivity index (χ2n) is 5.80. The van der Waals surface area contributed by atoms with Crippen molar-refractivity contribution >= 4 is 28.3 Å². The second kappa shape index (κ2) is 6.99. The minimum atomic E-state index is -0.462. The predicted octanol–water partition coefficient (Wildman–Crippen LogP) is 6.08. The summed E-state index contributed by atoms with van der Waals surface area (Å²) in [5, 5.41) is 2.10. The maximum atomic E-state index is 12.0.